The van der Waals surface area contributed by atoms with Crippen LogP contribution in [0.15, 0.2) is 46.9 Å². The van der Waals surface area contributed by atoms with Crippen LogP contribution in [0.1, 0.15) is 32.1 Å². The van der Waals surface area contributed by atoms with Crippen molar-refractivity contribution in [3.63, 3.8) is 0 Å². The monoisotopic (exact) mass is 434 g/mol. The quantitative estimate of drug-likeness (QED) is 0.637. The fraction of sp³-hybridized carbons (Fsp3) is 0.524. The van der Waals surface area contributed by atoms with Gasteiger partial charge in [-0.05, 0) is 44.2 Å². The number of piperazine rings is 1. The Morgan fingerprint density at radius 2 is 1.73 bits per heavy atom. The number of carbonyl (C=O) groups is 2. The summed E-state index contributed by atoms with van der Waals surface area (Å²) in [5.41, 5.74) is 1.37. The summed E-state index contributed by atoms with van der Waals surface area (Å²) in [6.45, 7) is 2.08. The SMILES string of the molecule is O=C(CN1CCN(S(=O)(=O)c2ccccc2)CC1)NC(=O)NCCC1=CCCCC1. The van der Waals surface area contributed by atoms with E-state index in [0.717, 1.165) is 19.3 Å². The third-order valence-corrected chi connectivity index (χ3v) is 7.36. The maximum atomic E-state index is 12.6. The van der Waals surface area contributed by atoms with Gasteiger partial charge in [0, 0.05) is 32.7 Å². The number of rotatable bonds is 7. The first-order chi connectivity index (χ1) is 14.4. The molecule has 0 aromatic heterocycles. The summed E-state index contributed by atoms with van der Waals surface area (Å²) < 4.78 is 26.7. The number of carbonyl (C=O) groups excluding carboxylic acids is 2. The van der Waals surface area contributed by atoms with Gasteiger partial charge < -0.3 is 5.32 Å². The van der Waals surface area contributed by atoms with Crippen molar-refractivity contribution in [3.8, 4) is 0 Å². The van der Waals surface area contributed by atoms with E-state index in [1.165, 1.54) is 22.7 Å². The highest BCUT2D eigenvalue weighted by atomic mass is 32.2. The van der Waals surface area contributed by atoms with Gasteiger partial charge in [-0.25, -0.2) is 13.2 Å². The minimum Gasteiger partial charge on any atom is -0.337 e. The van der Waals surface area contributed by atoms with Gasteiger partial charge >= 0.3 is 6.03 Å². The number of benzene rings is 1. The van der Waals surface area contributed by atoms with Crippen molar-refractivity contribution in [2.45, 2.75) is 37.0 Å². The molecule has 0 bridgehead atoms. The van der Waals surface area contributed by atoms with Gasteiger partial charge in [0.15, 0.2) is 0 Å². The molecule has 164 valence electrons. The Hall–Kier alpha value is -2.23. The molecule has 2 N–H and O–H groups in total. The fourth-order valence-electron chi connectivity index (χ4n) is 3.75. The van der Waals surface area contributed by atoms with Crippen molar-refractivity contribution in [1.82, 2.24) is 19.8 Å². The molecule has 1 fully saturated rings. The zero-order chi connectivity index (χ0) is 21.4. The van der Waals surface area contributed by atoms with Gasteiger partial charge in [-0.15, -0.1) is 0 Å². The van der Waals surface area contributed by atoms with Crippen LogP contribution in [0, 0.1) is 0 Å². The number of urea groups is 1. The van der Waals surface area contributed by atoms with E-state index in [2.05, 4.69) is 16.7 Å². The predicted octanol–water partition coefficient (Wildman–Crippen LogP) is 1.71. The zero-order valence-corrected chi connectivity index (χ0v) is 18.0. The van der Waals surface area contributed by atoms with Crippen LogP contribution in [0.25, 0.3) is 0 Å². The normalized spacial score (nSPS) is 18.5. The smallest absolute Gasteiger partial charge is 0.321 e. The van der Waals surface area contributed by atoms with Gasteiger partial charge in [0.2, 0.25) is 15.9 Å². The van der Waals surface area contributed by atoms with Crippen molar-refractivity contribution >= 4 is 22.0 Å². The number of hydrogen-bond donors (Lipinski definition) is 2. The minimum absolute atomic E-state index is 0.0673. The number of nitrogens with one attached hydrogen (secondary N) is 2. The Morgan fingerprint density at radius 1 is 1.00 bits per heavy atom. The molecule has 1 aliphatic carbocycles. The third-order valence-electron chi connectivity index (χ3n) is 5.45. The lowest BCUT2D eigenvalue weighted by molar-refractivity contribution is -0.121. The molecule has 2 aliphatic rings. The summed E-state index contributed by atoms with van der Waals surface area (Å²) in [4.78, 5) is 26.2. The first-order valence-electron chi connectivity index (χ1n) is 10.5. The number of sulfonamides is 1. The lowest BCUT2D eigenvalue weighted by Crippen LogP contribution is -2.52. The number of amides is 3. The predicted molar refractivity (Wildman–Crippen MR) is 114 cm³/mol. The third kappa shape index (κ3) is 6.38. The first-order valence-corrected chi connectivity index (χ1v) is 11.9. The molecule has 0 spiro atoms. The van der Waals surface area contributed by atoms with Gasteiger partial charge in [-0.1, -0.05) is 29.8 Å². The van der Waals surface area contributed by atoms with Crippen LogP contribution in [0.4, 0.5) is 4.79 Å². The molecule has 3 rings (SSSR count). The molecule has 3 amide bonds. The second-order valence-corrected chi connectivity index (χ2v) is 9.59. The van der Waals surface area contributed by atoms with E-state index in [9.17, 15) is 18.0 Å². The molecule has 1 aliphatic heterocycles. The van der Waals surface area contributed by atoms with Crippen LogP contribution >= 0.6 is 0 Å². The molecule has 1 aromatic carbocycles. The van der Waals surface area contributed by atoms with Crippen molar-refractivity contribution in [2.75, 3.05) is 39.3 Å². The first kappa shape index (κ1) is 22.5. The molecule has 30 heavy (non-hydrogen) atoms. The molecular weight excluding hydrogens is 404 g/mol. The Bertz CT molecular complexity index is 862. The molecule has 0 unspecified atom stereocenters. The second kappa shape index (κ2) is 10.7. The molecule has 8 nitrogen and oxygen atoms in total. The largest absolute Gasteiger partial charge is 0.337 e. The Labute approximate surface area is 178 Å². The number of allylic oxidation sites excluding steroid dienone is 1. The highest BCUT2D eigenvalue weighted by Gasteiger charge is 2.29. The van der Waals surface area contributed by atoms with E-state index in [-0.39, 0.29) is 17.3 Å². The number of hydrogen-bond acceptors (Lipinski definition) is 5. The van der Waals surface area contributed by atoms with Crippen LogP contribution in [0.5, 0.6) is 0 Å². The van der Waals surface area contributed by atoms with Crippen molar-refractivity contribution in [1.29, 1.82) is 0 Å². The average molecular weight is 435 g/mol. The Balaban J connectivity index is 1.36. The summed E-state index contributed by atoms with van der Waals surface area (Å²) in [5, 5.41) is 5.08. The second-order valence-electron chi connectivity index (χ2n) is 7.66. The number of imide groups is 1. The fourth-order valence-corrected chi connectivity index (χ4v) is 5.19. The molecule has 0 saturated carbocycles. The molecular formula is C21H30N4O4S. The standard InChI is InChI=1S/C21H30N4O4S/c26-20(23-21(27)22-12-11-18-7-3-1-4-8-18)17-24-13-15-25(16-14-24)30(28,29)19-9-5-2-6-10-19/h2,5-7,9-10H,1,3-4,8,11-17H2,(H2,22,23,26,27). The summed E-state index contributed by atoms with van der Waals surface area (Å²) >= 11 is 0. The number of nitrogens with zero attached hydrogens (tertiary/aromatic N) is 2. The molecule has 1 saturated heterocycles. The van der Waals surface area contributed by atoms with E-state index in [1.54, 1.807) is 30.3 Å². The maximum Gasteiger partial charge on any atom is 0.321 e. The average Bonchev–Trinajstić information content (AvgIpc) is 2.75. The van der Waals surface area contributed by atoms with E-state index < -0.39 is 16.1 Å². The van der Waals surface area contributed by atoms with Crippen molar-refractivity contribution in [2.24, 2.45) is 0 Å². The minimum atomic E-state index is -3.52. The highest BCUT2D eigenvalue weighted by molar-refractivity contribution is 7.89. The van der Waals surface area contributed by atoms with Gasteiger partial charge in [-0.2, -0.15) is 4.31 Å². The van der Waals surface area contributed by atoms with Crippen LogP contribution in [-0.4, -0.2) is 68.8 Å². The van der Waals surface area contributed by atoms with Gasteiger partial charge in [-0.3, -0.25) is 15.0 Å². The molecule has 1 heterocycles. The lowest BCUT2D eigenvalue weighted by Gasteiger charge is -2.33. The lowest BCUT2D eigenvalue weighted by atomic mass is 9.97. The molecule has 9 heteroatoms. The van der Waals surface area contributed by atoms with Crippen molar-refractivity contribution < 1.29 is 18.0 Å². The zero-order valence-electron chi connectivity index (χ0n) is 17.2. The van der Waals surface area contributed by atoms with E-state index >= 15 is 0 Å². The summed E-state index contributed by atoms with van der Waals surface area (Å²) in [5.74, 6) is -0.385. The Morgan fingerprint density at radius 3 is 2.40 bits per heavy atom. The van der Waals surface area contributed by atoms with Crippen LogP contribution in [0.3, 0.4) is 0 Å². The highest BCUT2D eigenvalue weighted by Crippen LogP contribution is 2.19. The van der Waals surface area contributed by atoms with Crippen LogP contribution in [0.2, 0.25) is 0 Å². The van der Waals surface area contributed by atoms with E-state index in [4.69, 9.17) is 0 Å². The summed E-state index contributed by atoms with van der Waals surface area (Å²) in [7, 11) is -3.52. The van der Waals surface area contributed by atoms with E-state index in [1.807, 2.05) is 4.90 Å². The van der Waals surface area contributed by atoms with Crippen LogP contribution < -0.4 is 10.6 Å². The summed E-state index contributed by atoms with van der Waals surface area (Å²) in [6, 6.07) is 7.85. The van der Waals surface area contributed by atoms with E-state index in [0.29, 0.717) is 32.7 Å². The maximum absolute atomic E-state index is 12.6. The van der Waals surface area contributed by atoms with Gasteiger partial charge in [0.25, 0.3) is 0 Å². The topological polar surface area (TPSA) is 98.8 Å². The van der Waals surface area contributed by atoms with Gasteiger partial charge in [0.1, 0.15) is 0 Å². The molecule has 0 radical (unpaired) electrons. The summed E-state index contributed by atoms with van der Waals surface area (Å²) in [6.07, 6.45) is 7.70. The Kier molecular flexibility index (Phi) is 8.01. The molecule has 1 aromatic rings. The van der Waals surface area contributed by atoms with Crippen molar-refractivity contribution in [3.05, 3.63) is 42.0 Å². The van der Waals surface area contributed by atoms with Gasteiger partial charge in [0.05, 0.1) is 11.4 Å². The van der Waals surface area contributed by atoms with Crippen LogP contribution in [-0.2, 0) is 14.8 Å². The molecule has 0 atom stereocenters.